The van der Waals surface area contributed by atoms with Crippen LogP contribution in [-0.2, 0) is 20.7 Å². The predicted molar refractivity (Wildman–Crippen MR) is 106 cm³/mol. The van der Waals surface area contributed by atoms with Crippen molar-refractivity contribution in [3.05, 3.63) is 39.7 Å². The molecule has 2 aromatic rings. The number of nitrogens with zero attached hydrogens (tertiary/aromatic N) is 1. The Balaban J connectivity index is 1.53. The number of hydrogen-bond donors (Lipinski definition) is 0. The minimum absolute atomic E-state index is 0.0731. The van der Waals surface area contributed by atoms with E-state index in [9.17, 15) is 14.4 Å². The molecule has 0 spiro atoms. The molecule has 1 aliphatic heterocycles. The van der Waals surface area contributed by atoms with Crippen molar-refractivity contribution in [1.82, 2.24) is 4.90 Å². The van der Waals surface area contributed by atoms with Crippen LogP contribution in [0.4, 0.5) is 0 Å². The molecule has 7 nitrogen and oxygen atoms in total. The molecule has 1 aromatic carbocycles. The quantitative estimate of drug-likeness (QED) is 0.567. The number of ether oxygens (including phenoxy) is 2. The van der Waals surface area contributed by atoms with Gasteiger partial charge >= 0.3 is 11.6 Å². The topological polar surface area (TPSA) is 86.0 Å². The lowest BCUT2D eigenvalue weighted by Crippen LogP contribution is -2.41. The minimum Gasteiger partial charge on any atom is -0.480 e. The van der Waals surface area contributed by atoms with Gasteiger partial charge in [0.1, 0.15) is 11.3 Å². The summed E-state index contributed by atoms with van der Waals surface area (Å²) >= 11 is 0. The lowest BCUT2D eigenvalue weighted by Gasteiger charge is -2.24. The van der Waals surface area contributed by atoms with Crippen LogP contribution < -0.4 is 10.4 Å². The van der Waals surface area contributed by atoms with Crippen LogP contribution in [0.15, 0.2) is 27.4 Å². The molecule has 4 atom stereocenters. The van der Waals surface area contributed by atoms with Crippen molar-refractivity contribution in [2.24, 2.45) is 17.8 Å². The van der Waals surface area contributed by atoms with E-state index in [1.165, 1.54) is 13.2 Å². The van der Waals surface area contributed by atoms with Gasteiger partial charge in [0.25, 0.3) is 5.91 Å². The third-order valence-electron chi connectivity index (χ3n) is 6.05. The van der Waals surface area contributed by atoms with E-state index in [0.717, 1.165) is 16.5 Å². The molecule has 0 bridgehead atoms. The maximum absolute atomic E-state index is 12.9. The van der Waals surface area contributed by atoms with Crippen molar-refractivity contribution in [3.8, 4) is 5.75 Å². The van der Waals surface area contributed by atoms with Crippen LogP contribution in [0.5, 0.6) is 5.75 Å². The average molecular weight is 399 g/mol. The zero-order valence-corrected chi connectivity index (χ0v) is 17.1. The SMILES string of the molecule is CCc1cc(=O)oc2cc(C)cc(OC(C)C(=O)N3C[C@@H]4C(C(=O)OC)[C@@H]4C3)c12. The molecule has 1 saturated heterocycles. The van der Waals surface area contributed by atoms with Crippen molar-refractivity contribution in [2.45, 2.75) is 33.3 Å². The summed E-state index contributed by atoms with van der Waals surface area (Å²) in [4.78, 5) is 38.2. The second kappa shape index (κ2) is 7.21. The number of amides is 1. The van der Waals surface area contributed by atoms with E-state index in [0.29, 0.717) is 30.8 Å². The van der Waals surface area contributed by atoms with Crippen LogP contribution in [-0.4, -0.2) is 43.1 Å². The number of piperidine rings is 1. The van der Waals surface area contributed by atoms with Crippen molar-refractivity contribution in [3.63, 3.8) is 0 Å². The van der Waals surface area contributed by atoms with Crippen molar-refractivity contribution >= 4 is 22.8 Å². The molecule has 4 rings (SSSR count). The third kappa shape index (κ3) is 3.39. The number of carbonyl (C=O) groups is 2. The zero-order chi connectivity index (χ0) is 20.9. The second-order valence-electron chi connectivity index (χ2n) is 7.96. The van der Waals surface area contributed by atoms with Gasteiger partial charge in [-0.1, -0.05) is 6.92 Å². The summed E-state index contributed by atoms with van der Waals surface area (Å²) in [6.07, 6.45) is -0.0421. The molecule has 29 heavy (non-hydrogen) atoms. The van der Waals surface area contributed by atoms with Crippen molar-refractivity contribution < 1.29 is 23.5 Å². The first-order chi connectivity index (χ1) is 13.8. The Morgan fingerprint density at radius 2 is 1.93 bits per heavy atom. The van der Waals surface area contributed by atoms with Crippen molar-refractivity contribution in [1.29, 1.82) is 0 Å². The highest BCUT2D eigenvalue weighted by Gasteiger charge is 2.61. The van der Waals surface area contributed by atoms with Gasteiger partial charge in [0, 0.05) is 19.2 Å². The molecule has 1 amide bonds. The van der Waals surface area contributed by atoms with E-state index in [4.69, 9.17) is 13.9 Å². The molecular weight excluding hydrogens is 374 g/mol. The van der Waals surface area contributed by atoms with E-state index < -0.39 is 11.7 Å². The molecule has 1 aliphatic carbocycles. The number of hydrogen-bond acceptors (Lipinski definition) is 6. The third-order valence-corrected chi connectivity index (χ3v) is 6.05. The molecule has 1 aromatic heterocycles. The molecule has 0 radical (unpaired) electrons. The van der Waals surface area contributed by atoms with Crippen molar-refractivity contribution in [2.75, 3.05) is 20.2 Å². The molecule has 154 valence electrons. The fourth-order valence-electron chi connectivity index (χ4n) is 4.53. The molecular formula is C22H25NO6. The zero-order valence-electron chi connectivity index (χ0n) is 17.1. The van der Waals surface area contributed by atoms with Gasteiger partial charge in [-0.3, -0.25) is 9.59 Å². The number of fused-ring (bicyclic) bond motifs is 2. The van der Waals surface area contributed by atoms with Gasteiger partial charge in [0.2, 0.25) is 0 Å². The summed E-state index contributed by atoms with van der Waals surface area (Å²) in [6, 6.07) is 5.13. The normalized spacial score (nSPS) is 23.6. The summed E-state index contributed by atoms with van der Waals surface area (Å²) in [7, 11) is 1.40. The summed E-state index contributed by atoms with van der Waals surface area (Å²) in [5, 5.41) is 0.729. The van der Waals surface area contributed by atoms with E-state index in [1.54, 1.807) is 17.9 Å². The Morgan fingerprint density at radius 1 is 1.24 bits per heavy atom. The Kier molecular flexibility index (Phi) is 4.84. The minimum atomic E-state index is -0.689. The van der Waals surface area contributed by atoms with Crippen LogP contribution in [0.25, 0.3) is 11.0 Å². The summed E-state index contributed by atoms with van der Waals surface area (Å²) in [5.41, 5.74) is 1.78. The van der Waals surface area contributed by atoms with Crippen LogP contribution >= 0.6 is 0 Å². The molecule has 2 unspecified atom stereocenters. The number of methoxy groups -OCH3 is 1. The van der Waals surface area contributed by atoms with Gasteiger partial charge < -0.3 is 18.8 Å². The fraction of sp³-hybridized carbons (Fsp3) is 0.500. The van der Waals surface area contributed by atoms with E-state index in [2.05, 4.69) is 0 Å². The Bertz CT molecular complexity index is 1030. The van der Waals surface area contributed by atoms with E-state index in [1.807, 2.05) is 19.9 Å². The highest BCUT2D eigenvalue weighted by atomic mass is 16.5. The van der Waals surface area contributed by atoms with Gasteiger partial charge in [-0.2, -0.15) is 0 Å². The lowest BCUT2D eigenvalue weighted by atomic mass is 10.0. The number of carbonyl (C=O) groups excluding carboxylic acids is 2. The van der Waals surface area contributed by atoms with Gasteiger partial charge in [-0.15, -0.1) is 0 Å². The summed E-state index contributed by atoms with van der Waals surface area (Å²) in [6.45, 7) is 6.68. The predicted octanol–water partition coefficient (Wildman–Crippen LogP) is 2.31. The molecule has 2 aliphatic rings. The first kappa shape index (κ1) is 19.5. The van der Waals surface area contributed by atoms with Crippen LogP contribution in [0, 0.1) is 24.7 Å². The molecule has 2 heterocycles. The number of esters is 1. The van der Waals surface area contributed by atoms with Gasteiger partial charge in [0.05, 0.1) is 18.4 Å². The largest absolute Gasteiger partial charge is 0.480 e. The summed E-state index contributed by atoms with van der Waals surface area (Å²) in [5.74, 6) is 0.565. The standard InChI is InChI=1S/C22H25NO6/c1-5-13-8-18(24)29-17-7-11(2)6-16(19(13)17)28-12(3)21(25)23-9-14-15(10-23)20(14)22(26)27-4/h6-8,12,14-15,20H,5,9-10H2,1-4H3/t12?,14-,15+,20?. The van der Waals surface area contributed by atoms with Crippen LogP contribution in [0.3, 0.4) is 0 Å². The second-order valence-corrected chi connectivity index (χ2v) is 7.96. The van der Waals surface area contributed by atoms with Gasteiger partial charge in [0.15, 0.2) is 6.10 Å². The number of aryl methyl sites for hydroxylation is 2. The molecule has 7 heteroatoms. The smallest absolute Gasteiger partial charge is 0.336 e. The maximum atomic E-state index is 12.9. The van der Waals surface area contributed by atoms with Crippen LogP contribution in [0.1, 0.15) is 25.0 Å². The summed E-state index contributed by atoms with van der Waals surface area (Å²) < 4.78 is 16.2. The molecule has 2 fully saturated rings. The first-order valence-corrected chi connectivity index (χ1v) is 9.94. The van der Waals surface area contributed by atoms with Crippen LogP contribution in [0.2, 0.25) is 0 Å². The number of benzene rings is 1. The average Bonchev–Trinajstić information content (AvgIpc) is 3.18. The molecule has 0 N–H and O–H groups in total. The number of rotatable bonds is 5. The highest BCUT2D eigenvalue weighted by molar-refractivity contribution is 5.89. The maximum Gasteiger partial charge on any atom is 0.336 e. The lowest BCUT2D eigenvalue weighted by molar-refractivity contribution is -0.145. The first-order valence-electron chi connectivity index (χ1n) is 9.94. The Hall–Kier alpha value is -2.83. The highest BCUT2D eigenvalue weighted by Crippen LogP contribution is 2.52. The van der Waals surface area contributed by atoms with E-state index in [-0.39, 0.29) is 29.6 Å². The van der Waals surface area contributed by atoms with E-state index >= 15 is 0 Å². The molecule has 1 saturated carbocycles. The Morgan fingerprint density at radius 3 is 2.55 bits per heavy atom. The Labute approximate surface area is 168 Å². The van der Waals surface area contributed by atoms with Gasteiger partial charge in [-0.25, -0.2) is 4.79 Å². The van der Waals surface area contributed by atoms with Gasteiger partial charge in [-0.05, 0) is 55.4 Å². The number of likely N-dealkylation sites (tertiary alicyclic amines) is 1. The fourth-order valence-corrected chi connectivity index (χ4v) is 4.53. The monoisotopic (exact) mass is 399 g/mol.